The van der Waals surface area contributed by atoms with E-state index in [-0.39, 0.29) is 0 Å². The summed E-state index contributed by atoms with van der Waals surface area (Å²) in [4.78, 5) is 0. The summed E-state index contributed by atoms with van der Waals surface area (Å²) in [6.45, 7) is 2.05. The van der Waals surface area contributed by atoms with Crippen LogP contribution in [0.25, 0.3) is 0 Å². The molecule has 1 fully saturated rings. The molecule has 1 atom stereocenters. The first-order valence-corrected chi connectivity index (χ1v) is 8.25. The van der Waals surface area contributed by atoms with E-state index in [1.165, 1.54) is 36.3 Å². The lowest BCUT2D eigenvalue weighted by molar-refractivity contribution is 0.384. The van der Waals surface area contributed by atoms with Crippen LogP contribution < -0.4 is 5.32 Å². The molecule has 0 saturated carbocycles. The van der Waals surface area contributed by atoms with Crippen LogP contribution in [0.1, 0.15) is 36.4 Å². The van der Waals surface area contributed by atoms with Gasteiger partial charge < -0.3 is 5.32 Å². The molecule has 3 heteroatoms. The second-order valence-electron chi connectivity index (χ2n) is 5.14. The normalized spacial score (nSPS) is 18.8. The first-order valence-electron chi connectivity index (χ1n) is 6.71. The Morgan fingerprint density at radius 3 is 2.72 bits per heavy atom. The largest absolute Gasteiger partial charge is 0.313 e. The summed E-state index contributed by atoms with van der Waals surface area (Å²) in [6, 6.07) is 6.89. The predicted molar refractivity (Wildman–Crippen MR) is 82.7 cm³/mol. The Balaban J connectivity index is 2.04. The van der Waals surface area contributed by atoms with Crippen molar-refractivity contribution in [3.8, 4) is 0 Å². The van der Waals surface area contributed by atoms with Gasteiger partial charge in [0.2, 0.25) is 0 Å². The number of nitrogens with one attached hydrogen (secondary N) is 1. The molecule has 1 saturated heterocycles. The van der Waals surface area contributed by atoms with Gasteiger partial charge in [0.05, 0.1) is 0 Å². The third-order valence-corrected chi connectivity index (χ3v) is 5.31. The highest BCUT2D eigenvalue weighted by Crippen LogP contribution is 2.32. The minimum absolute atomic E-state index is 0.441. The number of halogens is 1. The summed E-state index contributed by atoms with van der Waals surface area (Å²) in [5.74, 6) is 3.52. The van der Waals surface area contributed by atoms with Gasteiger partial charge in [-0.25, -0.2) is 0 Å². The lowest BCUT2D eigenvalue weighted by Crippen LogP contribution is -2.22. The summed E-state index contributed by atoms with van der Waals surface area (Å²) in [7, 11) is 2.05. The summed E-state index contributed by atoms with van der Waals surface area (Å²) >= 11 is 8.32. The number of hydrogen-bond acceptors (Lipinski definition) is 2. The predicted octanol–water partition coefficient (Wildman–Crippen LogP) is 4.44. The van der Waals surface area contributed by atoms with Crippen molar-refractivity contribution >= 4 is 23.4 Å². The smallest absolute Gasteiger partial charge is 0.0438 e. The monoisotopic (exact) mass is 283 g/mol. The van der Waals surface area contributed by atoms with Crippen molar-refractivity contribution in [1.29, 1.82) is 0 Å². The van der Waals surface area contributed by atoms with Crippen LogP contribution in [0.3, 0.4) is 0 Å². The highest BCUT2D eigenvalue weighted by atomic mass is 35.5. The molecule has 1 unspecified atom stereocenters. The molecule has 0 bridgehead atoms. The molecule has 1 nitrogen and oxygen atoms in total. The van der Waals surface area contributed by atoms with Gasteiger partial charge in [-0.2, -0.15) is 11.8 Å². The van der Waals surface area contributed by atoms with E-state index >= 15 is 0 Å². The zero-order valence-electron chi connectivity index (χ0n) is 11.2. The van der Waals surface area contributed by atoms with Crippen LogP contribution in [0.5, 0.6) is 0 Å². The van der Waals surface area contributed by atoms with Crippen molar-refractivity contribution in [3.63, 3.8) is 0 Å². The molecule has 0 aromatic heterocycles. The summed E-state index contributed by atoms with van der Waals surface area (Å²) in [5, 5.41) is 4.33. The summed E-state index contributed by atoms with van der Waals surface area (Å²) < 4.78 is 0. The first-order chi connectivity index (χ1) is 8.70. The third-order valence-electron chi connectivity index (χ3n) is 3.86. The van der Waals surface area contributed by atoms with Crippen LogP contribution in [-0.2, 0) is 0 Å². The van der Waals surface area contributed by atoms with Gasteiger partial charge in [0.1, 0.15) is 0 Å². The molecule has 2 rings (SSSR count). The van der Waals surface area contributed by atoms with Crippen molar-refractivity contribution in [2.75, 3.05) is 18.6 Å². The van der Waals surface area contributed by atoms with Crippen molar-refractivity contribution in [2.45, 2.75) is 32.2 Å². The molecule has 1 heterocycles. The van der Waals surface area contributed by atoms with E-state index in [2.05, 4.69) is 49.2 Å². The van der Waals surface area contributed by atoms with Crippen molar-refractivity contribution in [1.82, 2.24) is 5.32 Å². The van der Waals surface area contributed by atoms with Gasteiger partial charge in [-0.05, 0) is 67.9 Å². The van der Waals surface area contributed by atoms with Gasteiger partial charge >= 0.3 is 0 Å². The third kappa shape index (κ3) is 3.66. The molecule has 1 N–H and O–H groups in total. The van der Waals surface area contributed by atoms with E-state index < -0.39 is 0 Å². The van der Waals surface area contributed by atoms with E-state index in [0.717, 1.165) is 16.5 Å². The Kier molecular flexibility index (Phi) is 5.40. The fourth-order valence-electron chi connectivity index (χ4n) is 2.56. The molecule has 100 valence electrons. The van der Waals surface area contributed by atoms with Gasteiger partial charge in [0.25, 0.3) is 0 Å². The topological polar surface area (TPSA) is 12.0 Å². The number of benzene rings is 1. The average Bonchev–Trinajstić information content (AvgIpc) is 2.40. The number of hydrogen-bond donors (Lipinski definition) is 1. The molecular formula is C15H22ClNS. The van der Waals surface area contributed by atoms with Gasteiger partial charge in [-0.1, -0.05) is 23.7 Å². The summed E-state index contributed by atoms with van der Waals surface area (Å²) in [6.07, 6.45) is 3.96. The molecule has 1 aliphatic heterocycles. The SMILES string of the molecule is CNC(CC1CCSCC1)c1ccc(C)c(Cl)c1. The molecule has 0 radical (unpaired) electrons. The van der Waals surface area contributed by atoms with Gasteiger partial charge in [0.15, 0.2) is 0 Å². The maximum absolute atomic E-state index is 6.23. The zero-order chi connectivity index (χ0) is 13.0. The zero-order valence-corrected chi connectivity index (χ0v) is 12.8. The van der Waals surface area contributed by atoms with Crippen molar-refractivity contribution in [3.05, 3.63) is 34.3 Å². The molecule has 0 spiro atoms. The summed E-state index contributed by atoms with van der Waals surface area (Å²) in [5.41, 5.74) is 2.48. The second-order valence-corrected chi connectivity index (χ2v) is 6.77. The standard InChI is InChI=1S/C15H22ClNS/c1-11-3-4-13(10-14(11)16)15(17-2)9-12-5-7-18-8-6-12/h3-4,10,12,15,17H,5-9H2,1-2H3. The molecule has 1 aromatic rings. The van der Waals surface area contributed by atoms with Crippen LogP contribution >= 0.6 is 23.4 Å². The van der Waals surface area contributed by atoms with Gasteiger partial charge in [-0.15, -0.1) is 0 Å². The van der Waals surface area contributed by atoms with Crippen LogP contribution in [0, 0.1) is 12.8 Å². The van der Waals surface area contributed by atoms with Gasteiger partial charge in [-0.3, -0.25) is 0 Å². The van der Waals surface area contributed by atoms with E-state index in [9.17, 15) is 0 Å². The van der Waals surface area contributed by atoms with Crippen molar-refractivity contribution in [2.24, 2.45) is 5.92 Å². The maximum atomic E-state index is 6.23. The molecule has 0 aliphatic carbocycles. The Labute approximate surface area is 120 Å². The molecule has 1 aliphatic rings. The van der Waals surface area contributed by atoms with E-state index in [4.69, 9.17) is 11.6 Å². The Morgan fingerprint density at radius 1 is 1.39 bits per heavy atom. The van der Waals surface area contributed by atoms with Crippen LogP contribution in [0.2, 0.25) is 5.02 Å². The van der Waals surface area contributed by atoms with E-state index in [1.807, 2.05) is 0 Å². The number of thioether (sulfide) groups is 1. The highest BCUT2D eigenvalue weighted by molar-refractivity contribution is 7.99. The van der Waals surface area contributed by atoms with E-state index in [1.54, 1.807) is 0 Å². The fraction of sp³-hybridized carbons (Fsp3) is 0.600. The molecule has 0 amide bonds. The minimum Gasteiger partial charge on any atom is -0.313 e. The van der Waals surface area contributed by atoms with Gasteiger partial charge in [0, 0.05) is 11.1 Å². The highest BCUT2D eigenvalue weighted by Gasteiger charge is 2.19. The van der Waals surface area contributed by atoms with Crippen LogP contribution in [-0.4, -0.2) is 18.6 Å². The Bertz CT molecular complexity index is 388. The Hall–Kier alpha value is -0.180. The average molecular weight is 284 g/mol. The Morgan fingerprint density at radius 2 is 2.11 bits per heavy atom. The number of aryl methyl sites for hydroxylation is 1. The molecule has 1 aromatic carbocycles. The molecule has 18 heavy (non-hydrogen) atoms. The second kappa shape index (κ2) is 6.83. The number of rotatable bonds is 4. The van der Waals surface area contributed by atoms with Crippen LogP contribution in [0.4, 0.5) is 0 Å². The van der Waals surface area contributed by atoms with Crippen molar-refractivity contribution < 1.29 is 0 Å². The quantitative estimate of drug-likeness (QED) is 0.877. The fourth-order valence-corrected chi connectivity index (χ4v) is 3.95. The first kappa shape index (κ1) is 14.2. The molecular weight excluding hydrogens is 262 g/mol. The maximum Gasteiger partial charge on any atom is 0.0438 e. The lowest BCUT2D eigenvalue weighted by atomic mass is 9.90. The minimum atomic E-state index is 0.441. The van der Waals surface area contributed by atoms with Crippen LogP contribution in [0.15, 0.2) is 18.2 Å². The van der Waals surface area contributed by atoms with E-state index in [0.29, 0.717) is 6.04 Å². The lowest BCUT2D eigenvalue weighted by Gasteiger charge is -2.26.